The molecule has 0 saturated carbocycles. The fourth-order valence-corrected chi connectivity index (χ4v) is 2.55. The molecule has 1 unspecified atom stereocenters. The lowest BCUT2D eigenvalue weighted by Gasteiger charge is -2.34. The molecule has 0 aromatic heterocycles. The van der Waals surface area contributed by atoms with Gasteiger partial charge in [0.05, 0.1) is 22.9 Å². The molecule has 2 amide bonds. The van der Waals surface area contributed by atoms with Gasteiger partial charge in [-0.2, -0.15) is 26.3 Å². The van der Waals surface area contributed by atoms with Crippen molar-refractivity contribution in [3.8, 4) is 5.75 Å². The van der Waals surface area contributed by atoms with Gasteiger partial charge in [-0.3, -0.25) is 5.32 Å². The highest BCUT2D eigenvalue weighted by atomic mass is 35.5. The quantitative estimate of drug-likeness (QED) is 0.310. The van der Waals surface area contributed by atoms with E-state index in [-0.39, 0.29) is 0 Å². The van der Waals surface area contributed by atoms with Crippen molar-refractivity contribution in [2.24, 2.45) is 0 Å². The highest BCUT2D eigenvalue weighted by molar-refractivity contribution is 6.33. The van der Waals surface area contributed by atoms with Crippen LogP contribution in [0, 0.1) is 5.82 Å². The number of ether oxygens (including phenoxy) is 2. The number of alkyl halides is 6. The minimum atomic E-state index is -5.64. The molecule has 0 aliphatic carbocycles. The van der Waals surface area contributed by atoms with Crippen molar-refractivity contribution in [3.05, 3.63) is 58.9 Å². The van der Waals surface area contributed by atoms with Crippen LogP contribution in [0.4, 0.5) is 41.2 Å². The molecule has 2 rings (SSSR count). The SMILES string of the molecule is CCOC(=O)C(NC(=O)Nc1cc(C(F)(F)F)ccc1Cl)(Oc1ccc(F)cc1)C(F)(F)F. The first-order valence-electron chi connectivity index (χ1n) is 8.84. The van der Waals surface area contributed by atoms with Gasteiger partial charge in [-0.15, -0.1) is 0 Å². The number of carbonyl (C=O) groups is 2. The normalized spacial score (nSPS) is 13.6. The van der Waals surface area contributed by atoms with E-state index in [1.54, 1.807) is 5.32 Å². The number of halogens is 8. The molecule has 0 bridgehead atoms. The van der Waals surface area contributed by atoms with E-state index in [1.165, 1.54) is 12.2 Å². The minimum Gasteiger partial charge on any atom is -0.461 e. The Bertz CT molecular complexity index is 1010. The Morgan fingerprint density at radius 1 is 1.00 bits per heavy atom. The molecule has 6 nitrogen and oxygen atoms in total. The second-order valence-electron chi connectivity index (χ2n) is 6.23. The van der Waals surface area contributed by atoms with Gasteiger partial charge in [0.15, 0.2) is 0 Å². The zero-order valence-electron chi connectivity index (χ0n) is 16.4. The smallest absolute Gasteiger partial charge is 0.460 e. The summed E-state index contributed by atoms with van der Waals surface area (Å²) in [6, 6.07) is 2.87. The third-order valence-electron chi connectivity index (χ3n) is 3.88. The Hall–Kier alpha value is -3.22. The van der Waals surface area contributed by atoms with Gasteiger partial charge >= 0.3 is 30.1 Å². The van der Waals surface area contributed by atoms with Crippen molar-refractivity contribution in [3.63, 3.8) is 0 Å². The van der Waals surface area contributed by atoms with Crippen LogP contribution in [0.1, 0.15) is 12.5 Å². The van der Waals surface area contributed by atoms with Crippen LogP contribution < -0.4 is 15.4 Å². The summed E-state index contributed by atoms with van der Waals surface area (Å²) in [5, 5.41) is 2.52. The van der Waals surface area contributed by atoms with Gasteiger partial charge in [0.1, 0.15) is 11.6 Å². The lowest BCUT2D eigenvalue weighted by atomic mass is 10.2. The second-order valence-corrected chi connectivity index (χ2v) is 6.63. The van der Waals surface area contributed by atoms with E-state index < -0.39 is 64.5 Å². The molecule has 0 radical (unpaired) electrons. The monoisotopic (exact) mass is 502 g/mol. The molecule has 2 aromatic carbocycles. The van der Waals surface area contributed by atoms with Crippen molar-refractivity contribution in [2.45, 2.75) is 25.0 Å². The topological polar surface area (TPSA) is 76.7 Å². The number of carbonyl (C=O) groups excluding carboxylic acids is 2. The zero-order valence-corrected chi connectivity index (χ0v) is 17.2. The highest BCUT2D eigenvalue weighted by Gasteiger charge is 2.66. The third kappa shape index (κ3) is 6.18. The average molecular weight is 503 g/mol. The fraction of sp³-hybridized carbons (Fsp3) is 0.263. The van der Waals surface area contributed by atoms with E-state index in [0.29, 0.717) is 12.1 Å². The van der Waals surface area contributed by atoms with Crippen molar-refractivity contribution in [1.82, 2.24) is 5.32 Å². The number of esters is 1. The summed E-state index contributed by atoms with van der Waals surface area (Å²) in [4.78, 5) is 24.6. The molecule has 0 aliphatic rings. The first-order valence-corrected chi connectivity index (χ1v) is 9.22. The molecule has 0 fully saturated rings. The highest BCUT2D eigenvalue weighted by Crippen LogP contribution is 2.36. The van der Waals surface area contributed by atoms with Gasteiger partial charge in [0.25, 0.3) is 0 Å². The summed E-state index contributed by atoms with van der Waals surface area (Å²) in [6.45, 7) is 0.631. The van der Waals surface area contributed by atoms with Gasteiger partial charge in [0.2, 0.25) is 0 Å². The Balaban J connectivity index is 2.44. The van der Waals surface area contributed by atoms with Gasteiger partial charge in [0, 0.05) is 0 Å². The van der Waals surface area contributed by atoms with Crippen LogP contribution in [0.15, 0.2) is 42.5 Å². The number of anilines is 1. The molecule has 2 aromatic rings. The lowest BCUT2D eigenvalue weighted by Crippen LogP contribution is -2.69. The van der Waals surface area contributed by atoms with Crippen molar-refractivity contribution in [2.75, 3.05) is 11.9 Å². The number of hydrogen-bond donors (Lipinski definition) is 2. The van der Waals surface area contributed by atoms with E-state index in [9.17, 15) is 40.3 Å². The van der Waals surface area contributed by atoms with Gasteiger partial charge in [-0.1, -0.05) is 11.6 Å². The molecule has 0 aliphatic heterocycles. The number of hydrogen-bond acceptors (Lipinski definition) is 4. The Labute approximate surface area is 186 Å². The van der Waals surface area contributed by atoms with Crippen LogP contribution >= 0.6 is 11.6 Å². The van der Waals surface area contributed by atoms with E-state index in [1.807, 2.05) is 0 Å². The average Bonchev–Trinajstić information content (AvgIpc) is 2.69. The van der Waals surface area contributed by atoms with Crippen LogP contribution in [-0.2, 0) is 15.7 Å². The van der Waals surface area contributed by atoms with Gasteiger partial charge < -0.3 is 14.8 Å². The van der Waals surface area contributed by atoms with E-state index in [4.69, 9.17) is 16.3 Å². The number of rotatable bonds is 6. The summed E-state index contributed by atoms with van der Waals surface area (Å²) < 4.78 is 103. The summed E-state index contributed by atoms with van der Waals surface area (Å²) in [5.74, 6) is -3.60. The molecule has 0 saturated heterocycles. The summed E-state index contributed by atoms with van der Waals surface area (Å²) in [5.41, 5.74) is -6.10. The molecule has 1 atom stereocenters. The molecular weight excluding hydrogens is 489 g/mol. The molecule has 0 spiro atoms. The molecule has 180 valence electrons. The van der Waals surface area contributed by atoms with E-state index >= 15 is 0 Å². The van der Waals surface area contributed by atoms with E-state index in [0.717, 1.165) is 30.3 Å². The zero-order chi connectivity index (χ0) is 25.0. The van der Waals surface area contributed by atoms with Crippen LogP contribution in [0.5, 0.6) is 5.75 Å². The third-order valence-corrected chi connectivity index (χ3v) is 4.21. The molecular formula is C19H14ClF7N2O4. The maximum Gasteiger partial charge on any atom is 0.460 e. The Morgan fingerprint density at radius 2 is 1.61 bits per heavy atom. The van der Waals surface area contributed by atoms with Crippen LogP contribution in [0.2, 0.25) is 5.02 Å². The van der Waals surface area contributed by atoms with Crippen LogP contribution in [0.25, 0.3) is 0 Å². The molecule has 14 heteroatoms. The number of nitrogens with one attached hydrogen (secondary N) is 2. The van der Waals surface area contributed by atoms with Crippen molar-refractivity contribution >= 4 is 29.3 Å². The number of amides is 2. The maximum atomic E-state index is 14.0. The predicted molar refractivity (Wildman–Crippen MR) is 101 cm³/mol. The van der Waals surface area contributed by atoms with E-state index in [2.05, 4.69) is 4.74 Å². The maximum absolute atomic E-state index is 14.0. The van der Waals surface area contributed by atoms with Crippen molar-refractivity contribution in [1.29, 1.82) is 0 Å². The minimum absolute atomic E-state index is 0.377. The lowest BCUT2D eigenvalue weighted by molar-refractivity contribution is -0.259. The summed E-state index contributed by atoms with van der Waals surface area (Å²) >= 11 is 5.72. The molecule has 0 heterocycles. The van der Waals surface area contributed by atoms with Gasteiger partial charge in [-0.25, -0.2) is 14.0 Å². The molecule has 33 heavy (non-hydrogen) atoms. The largest absolute Gasteiger partial charge is 0.461 e. The van der Waals surface area contributed by atoms with Crippen LogP contribution in [-0.4, -0.2) is 30.5 Å². The second kappa shape index (κ2) is 9.73. The Kier molecular flexibility index (Phi) is 7.68. The fourth-order valence-electron chi connectivity index (χ4n) is 2.39. The van der Waals surface area contributed by atoms with Crippen LogP contribution in [0.3, 0.4) is 0 Å². The number of benzene rings is 2. The first kappa shape index (κ1) is 26.0. The standard InChI is InChI=1S/C19H14ClF7N2O4/c1-2-32-15(30)17(19(25,26)27,33-12-6-4-11(21)5-7-12)29-16(31)28-14-9-10(18(22,23)24)3-8-13(14)20/h3-9H,2H2,1H3,(H2,28,29,31). The Morgan fingerprint density at radius 3 is 2.12 bits per heavy atom. The van der Waals surface area contributed by atoms with Gasteiger partial charge in [-0.05, 0) is 49.4 Å². The summed E-state index contributed by atoms with van der Waals surface area (Å²) in [7, 11) is 0. The summed E-state index contributed by atoms with van der Waals surface area (Å²) in [6.07, 6.45) is -10.5. The predicted octanol–water partition coefficient (Wildman–Crippen LogP) is 5.52. The molecule has 2 N–H and O–H groups in total. The first-order chi connectivity index (χ1) is 15.2. The number of urea groups is 1. The van der Waals surface area contributed by atoms with Crippen molar-refractivity contribution < 1.29 is 49.8 Å².